The number of carbonyl (C=O) groups is 2. The molecular formula is C40H54F6N4O4S2. The van der Waals surface area contributed by atoms with Crippen LogP contribution in [0.3, 0.4) is 0 Å². The van der Waals surface area contributed by atoms with Crippen molar-refractivity contribution in [2.75, 3.05) is 26.7 Å². The van der Waals surface area contributed by atoms with Gasteiger partial charge < -0.3 is 30.7 Å². The van der Waals surface area contributed by atoms with Gasteiger partial charge in [-0.3, -0.25) is 9.59 Å². The minimum atomic E-state index is -4.49. The summed E-state index contributed by atoms with van der Waals surface area (Å²) in [5.74, 6) is -0.843. The van der Waals surface area contributed by atoms with Crippen LogP contribution in [0.15, 0.2) is 34.1 Å². The Hall–Kier alpha value is -2.82. The van der Waals surface area contributed by atoms with E-state index >= 15 is 0 Å². The Morgan fingerprint density at radius 3 is 1.20 bits per heavy atom. The van der Waals surface area contributed by atoms with Crippen LogP contribution in [0.2, 0.25) is 0 Å². The number of hydrogen-bond donors (Lipinski definition) is 4. The Balaban J connectivity index is 0.000000214. The molecule has 8 nitrogen and oxygen atoms in total. The van der Waals surface area contributed by atoms with Gasteiger partial charge in [0, 0.05) is 46.0 Å². The summed E-state index contributed by atoms with van der Waals surface area (Å²) in [7, 11) is 2.58. The predicted molar refractivity (Wildman–Crippen MR) is 208 cm³/mol. The van der Waals surface area contributed by atoms with E-state index < -0.39 is 23.5 Å². The lowest BCUT2D eigenvalue weighted by Gasteiger charge is -2.26. The average molecular weight is 833 g/mol. The van der Waals surface area contributed by atoms with Crippen molar-refractivity contribution in [2.24, 2.45) is 0 Å². The fraction of sp³-hybridized carbons (Fsp3) is 0.650. The van der Waals surface area contributed by atoms with E-state index in [9.17, 15) is 35.9 Å². The Bertz CT molecular complexity index is 1480. The van der Waals surface area contributed by atoms with Gasteiger partial charge in [0.25, 0.3) is 11.8 Å². The van der Waals surface area contributed by atoms with Gasteiger partial charge in [-0.15, -0.1) is 23.5 Å². The summed E-state index contributed by atoms with van der Waals surface area (Å²) in [6, 6.07) is 5.24. The number of alkyl halides is 6. The molecule has 4 N–H and O–H groups in total. The van der Waals surface area contributed by atoms with E-state index in [0.29, 0.717) is 12.1 Å². The third-order valence-corrected chi connectivity index (χ3v) is 12.9. The molecule has 0 aliphatic heterocycles. The average Bonchev–Trinajstić information content (AvgIpc) is 4.01. The summed E-state index contributed by atoms with van der Waals surface area (Å²) in [4.78, 5) is 26.5. The van der Waals surface area contributed by atoms with Crippen molar-refractivity contribution in [1.29, 1.82) is 0 Å². The largest absolute Gasteiger partial charge is 0.496 e. The molecule has 2 amide bonds. The SMILES string of the molecule is COc1cc(C(F)(F)F)cc(SC)c1C(=O)NC1CCCC1NC1CCCC1.COc1cc(C(F)(F)F)cc(SC)c1C(=O)NC1CCCC1NC1CCCC1. The van der Waals surface area contributed by atoms with Crippen LogP contribution in [-0.2, 0) is 12.4 Å². The second-order valence-corrected chi connectivity index (χ2v) is 16.7. The highest BCUT2D eigenvalue weighted by atomic mass is 32.2. The Morgan fingerprint density at radius 1 is 0.554 bits per heavy atom. The van der Waals surface area contributed by atoms with Gasteiger partial charge in [0.1, 0.15) is 11.5 Å². The van der Waals surface area contributed by atoms with Gasteiger partial charge >= 0.3 is 12.4 Å². The zero-order valence-electron chi connectivity index (χ0n) is 32.4. The fourth-order valence-electron chi connectivity index (χ4n) is 8.53. The highest BCUT2D eigenvalue weighted by molar-refractivity contribution is 7.99. The summed E-state index contributed by atoms with van der Waals surface area (Å²) < 4.78 is 89.2. The molecular weight excluding hydrogens is 779 g/mol. The first kappa shape index (κ1) is 44.3. The number of methoxy groups -OCH3 is 2. The number of nitrogens with one attached hydrogen (secondary N) is 4. The number of rotatable bonds is 12. The monoisotopic (exact) mass is 832 g/mol. The summed E-state index contributed by atoms with van der Waals surface area (Å²) in [6.45, 7) is 0. The number of halogens is 6. The molecule has 0 heterocycles. The van der Waals surface area contributed by atoms with Gasteiger partial charge in [-0.05, 0) is 101 Å². The molecule has 4 fully saturated rings. The molecule has 0 bridgehead atoms. The molecule has 0 aromatic heterocycles. The van der Waals surface area contributed by atoms with Crippen LogP contribution in [0, 0.1) is 0 Å². The molecule has 4 atom stereocenters. The van der Waals surface area contributed by atoms with E-state index in [4.69, 9.17) is 9.47 Å². The zero-order valence-corrected chi connectivity index (χ0v) is 34.0. The predicted octanol–water partition coefficient (Wildman–Crippen LogP) is 9.24. The smallest absolute Gasteiger partial charge is 0.416 e. The summed E-state index contributed by atoms with van der Waals surface area (Å²) in [6.07, 6.45) is 9.74. The fourth-order valence-corrected chi connectivity index (χ4v) is 9.82. The summed E-state index contributed by atoms with van der Waals surface area (Å²) in [5, 5.41) is 13.4. The molecule has 0 saturated heterocycles. The molecule has 16 heteroatoms. The van der Waals surface area contributed by atoms with Crippen molar-refractivity contribution >= 4 is 35.3 Å². The highest BCUT2D eigenvalue weighted by Gasteiger charge is 2.37. The Morgan fingerprint density at radius 2 is 0.893 bits per heavy atom. The van der Waals surface area contributed by atoms with Crippen molar-refractivity contribution in [3.05, 3.63) is 46.5 Å². The van der Waals surface area contributed by atoms with Crippen LogP contribution in [0.5, 0.6) is 11.5 Å². The minimum Gasteiger partial charge on any atom is -0.496 e. The van der Waals surface area contributed by atoms with E-state index in [1.54, 1.807) is 12.5 Å². The first-order valence-corrected chi connectivity index (χ1v) is 21.9. The van der Waals surface area contributed by atoms with Crippen LogP contribution < -0.4 is 30.7 Å². The van der Waals surface area contributed by atoms with Crippen molar-refractivity contribution < 1.29 is 45.4 Å². The van der Waals surface area contributed by atoms with E-state index in [-0.39, 0.29) is 68.4 Å². The van der Waals surface area contributed by atoms with Gasteiger partial charge in [-0.2, -0.15) is 26.3 Å². The van der Waals surface area contributed by atoms with Crippen LogP contribution in [-0.4, -0.2) is 74.8 Å². The van der Waals surface area contributed by atoms with Crippen molar-refractivity contribution in [2.45, 2.75) is 148 Å². The first-order valence-electron chi connectivity index (χ1n) is 19.5. The van der Waals surface area contributed by atoms with Crippen LogP contribution in [0.25, 0.3) is 0 Å². The molecule has 4 aliphatic rings. The number of hydrogen-bond acceptors (Lipinski definition) is 8. The molecule has 0 spiro atoms. The normalized spacial score (nSPS) is 23.2. The Labute approximate surface area is 334 Å². The lowest BCUT2D eigenvalue weighted by Crippen LogP contribution is -2.49. The maximum Gasteiger partial charge on any atom is 0.416 e. The third kappa shape index (κ3) is 11.2. The number of thioether (sulfide) groups is 2. The van der Waals surface area contributed by atoms with Crippen molar-refractivity contribution in [1.82, 2.24) is 21.3 Å². The molecule has 56 heavy (non-hydrogen) atoms. The standard InChI is InChI=1S/2C20H27F3N2O2S/c2*1-27-16-10-12(20(21,22)23)11-17(28-2)18(16)19(26)25-15-9-5-8-14(15)24-13-6-3-4-7-13/h2*10-11,13-15,24H,3-9H2,1-2H3,(H,25,26). The maximum absolute atomic E-state index is 13.2. The topological polar surface area (TPSA) is 101 Å². The highest BCUT2D eigenvalue weighted by Crippen LogP contribution is 2.40. The van der Waals surface area contributed by atoms with Gasteiger partial charge in [0.15, 0.2) is 0 Å². The van der Waals surface area contributed by atoms with Crippen molar-refractivity contribution in [3.8, 4) is 11.5 Å². The zero-order chi connectivity index (χ0) is 40.6. The van der Waals surface area contributed by atoms with Gasteiger partial charge in [-0.1, -0.05) is 25.7 Å². The van der Waals surface area contributed by atoms with Gasteiger partial charge in [0.05, 0.1) is 36.5 Å². The number of benzene rings is 2. The number of ether oxygens (including phenoxy) is 2. The first-order chi connectivity index (χ1) is 26.7. The number of carbonyl (C=O) groups excluding carboxylic acids is 2. The minimum absolute atomic E-state index is 0.0187. The Kier molecular flexibility index (Phi) is 15.6. The molecule has 312 valence electrons. The van der Waals surface area contributed by atoms with E-state index in [0.717, 1.165) is 86.3 Å². The summed E-state index contributed by atoms with van der Waals surface area (Å²) >= 11 is 2.22. The number of amides is 2. The van der Waals surface area contributed by atoms with E-state index in [2.05, 4.69) is 21.3 Å². The lowest BCUT2D eigenvalue weighted by molar-refractivity contribution is -0.138. The molecule has 0 radical (unpaired) electrons. The van der Waals surface area contributed by atoms with Crippen LogP contribution in [0.1, 0.15) is 122 Å². The molecule has 4 aliphatic carbocycles. The van der Waals surface area contributed by atoms with E-state index in [1.807, 2.05) is 0 Å². The van der Waals surface area contributed by atoms with Crippen LogP contribution in [0.4, 0.5) is 26.3 Å². The van der Waals surface area contributed by atoms with E-state index in [1.165, 1.54) is 65.6 Å². The molecule has 2 aromatic carbocycles. The third-order valence-electron chi connectivity index (χ3n) is 11.4. The quantitative estimate of drug-likeness (QED) is 0.124. The molecule has 6 rings (SSSR count). The summed E-state index contributed by atoms with van der Waals surface area (Å²) in [5.41, 5.74) is -1.28. The molecule has 4 unspecified atom stereocenters. The van der Waals surface area contributed by atoms with Gasteiger partial charge in [-0.25, -0.2) is 0 Å². The van der Waals surface area contributed by atoms with Gasteiger partial charge in [0.2, 0.25) is 0 Å². The van der Waals surface area contributed by atoms with Crippen molar-refractivity contribution in [3.63, 3.8) is 0 Å². The van der Waals surface area contributed by atoms with Crippen LogP contribution >= 0.6 is 23.5 Å². The maximum atomic E-state index is 13.2. The lowest BCUT2D eigenvalue weighted by atomic mass is 10.1. The second kappa shape index (κ2) is 19.8. The molecule has 2 aromatic rings. The molecule has 4 saturated carbocycles. The second-order valence-electron chi connectivity index (χ2n) is 15.0.